The van der Waals surface area contributed by atoms with Crippen LogP contribution in [0, 0.1) is 27.7 Å². The van der Waals surface area contributed by atoms with Gasteiger partial charge in [0.05, 0.1) is 0 Å². The Bertz CT molecular complexity index is 1620. The second-order valence-electron chi connectivity index (χ2n) is 11.3. The molecule has 2 nitrogen and oxygen atoms in total. The van der Waals surface area contributed by atoms with Gasteiger partial charge < -0.3 is 9.80 Å². The number of nitrogens with zero attached hydrogens (tertiary/aromatic N) is 2. The number of hydrogen-bond acceptors (Lipinski definition) is 2. The fourth-order valence-corrected chi connectivity index (χ4v) is 5.60. The van der Waals surface area contributed by atoms with Gasteiger partial charge in [-0.25, -0.2) is 0 Å². The van der Waals surface area contributed by atoms with Crippen LogP contribution >= 0.6 is 15.9 Å². The summed E-state index contributed by atoms with van der Waals surface area (Å²) in [7, 11) is 0. The van der Waals surface area contributed by atoms with Crippen LogP contribution in [-0.2, 0) is 0 Å². The summed E-state index contributed by atoms with van der Waals surface area (Å²) in [4.78, 5) is 4.71. The number of benzene rings is 6. The Labute approximate surface area is 264 Å². The van der Waals surface area contributed by atoms with E-state index in [0.717, 1.165) is 49.7 Å². The normalized spacial score (nSPS) is 10.9. The minimum atomic E-state index is 1.06. The third-order valence-electron chi connectivity index (χ3n) is 7.77. The maximum absolute atomic E-state index is 3.62. The summed E-state index contributed by atoms with van der Waals surface area (Å²) in [6.07, 6.45) is 0. The zero-order chi connectivity index (χ0) is 29.9. The molecular formula is C40H35BrN2. The van der Waals surface area contributed by atoms with Crippen LogP contribution in [0.25, 0.3) is 11.1 Å². The molecule has 0 aliphatic heterocycles. The summed E-state index contributed by atoms with van der Waals surface area (Å²) in [6, 6.07) is 50.6. The van der Waals surface area contributed by atoms with Crippen molar-refractivity contribution in [1.82, 2.24) is 0 Å². The molecule has 0 aromatic heterocycles. The van der Waals surface area contributed by atoms with E-state index in [0.29, 0.717) is 0 Å². The van der Waals surface area contributed by atoms with E-state index in [1.54, 1.807) is 0 Å². The van der Waals surface area contributed by atoms with Gasteiger partial charge in [-0.05, 0) is 118 Å². The molecule has 0 aliphatic carbocycles. The van der Waals surface area contributed by atoms with Gasteiger partial charge in [-0.2, -0.15) is 0 Å². The smallest absolute Gasteiger partial charge is 0.0488 e. The monoisotopic (exact) mass is 622 g/mol. The van der Waals surface area contributed by atoms with Crippen molar-refractivity contribution >= 4 is 50.1 Å². The lowest BCUT2D eigenvalue weighted by Gasteiger charge is -2.30. The molecule has 0 atom stereocenters. The molecule has 0 spiro atoms. The largest absolute Gasteiger partial charge is 0.310 e. The molecule has 43 heavy (non-hydrogen) atoms. The van der Waals surface area contributed by atoms with Gasteiger partial charge in [0.2, 0.25) is 0 Å². The zero-order valence-corrected chi connectivity index (χ0v) is 26.6. The van der Waals surface area contributed by atoms with Gasteiger partial charge in [0, 0.05) is 38.6 Å². The summed E-state index contributed by atoms with van der Waals surface area (Å²) < 4.78 is 1.06. The van der Waals surface area contributed by atoms with E-state index in [1.807, 2.05) is 0 Å². The summed E-state index contributed by atoms with van der Waals surface area (Å²) in [5.74, 6) is 0. The Balaban J connectivity index is 1.62. The Morgan fingerprint density at radius 3 is 0.930 bits per heavy atom. The number of anilines is 6. The molecular weight excluding hydrogens is 588 g/mol. The molecule has 212 valence electrons. The van der Waals surface area contributed by atoms with Crippen LogP contribution in [0.1, 0.15) is 22.3 Å². The summed E-state index contributed by atoms with van der Waals surface area (Å²) >= 11 is 3.62. The lowest BCUT2D eigenvalue weighted by molar-refractivity contribution is 1.24. The molecule has 0 amide bonds. The van der Waals surface area contributed by atoms with Crippen LogP contribution in [0.5, 0.6) is 0 Å². The van der Waals surface area contributed by atoms with E-state index in [4.69, 9.17) is 0 Å². The van der Waals surface area contributed by atoms with Crippen molar-refractivity contribution in [2.24, 2.45) is 0 Å². The van der Waals surface area contributed by atoms with Crippen molar-refractivity contribution in [3.05, 3.63) is 166 Å². The van der Waals surface area contributed by atoms with Crippen LogP contribution in [-0.4, -0.2) is 0 Å². The lowest BCUT2D eigenvalue weighted by Crippen LogP contribution is -2.13. The van der Waals surface area contributed by atoms with Crippen LogP contribution < -0.4 is 9.80 Å². The van der Waals surface area contributed by atoms with E-state index >= 15 is 0 Å². The highest BCUT2D eigenvalue weighted by Gasteiger charge is 2.19. The van der Waals surface area contributed by atoms with Gasteiger partial charge in [0.1, 0.15) is 0 Å². The maximum atomic E-state index is 3.62. The third kappa shape index (κ3) is 6.43. The zero-order valence-electron chi connectivity index (χ0n) is 25.1. The first-order chi connectivity index (χ1) is 20.8. The second kappa shape index (κ2) is 12.3. The fourth-order valence-electron chi connectivity index (χ4n) is 5.33. The average molecular weight is 624 g/mol. The van der Waals surface area contributed by atoms with Gasteiger partial charge in [0.25, 0.3) is 0 Å². The molecule has 0 N–H and O–H groups in total. The minimum absolute atomic E-state index is 1.06. The van der Waals surface area contributed by atoms with Gasteiger partial charge >= 0.3 is 0 Å². The Kier molecular flexibility index (Phi) is 8.18. The standard InChI is InChI=1S/C40H35BrN2/c1-28-5-17-35(18-6-28)42(36-19-7-29(2)8-20-36)39-25-33(32-13-15-34(41)16-14-32)26-40(27-39)43(37-21-9-30(3)10-22-37)38-23-11-31(4)12-24-38/h5-27H,1-4H3. The van der Waals surface area contributed by atoms with Gasteiger partial charge in [-0.3, -0.25) is 0 Å². The van der Waals surface area contributed by atoms with E-state index in [2.05, 4.69) is 193 Å². The summed E-state index contributed by atoms with van der Waals surface area (Å²) in [5.41, 5.74) is 13.9. The van der Waals surface area contributed by atoms with Crippen molar-refractivity contribution in [2.75, 3.05) is 9.80 Å². The molecule has 0 radical (unpaired) electrons. The molecule has 3 heteroatoms. The number of halogens is 1. The fraction of sp³-hybridized carbons (Fsp3) is 0.100. The molecule has 0 heterocycles. The van der Waals surface area contributed by atoms with Crippen molar-refractivity contribution in [1.29, 1.82) is 0 Å². The molecule has 0 saturated carbocycles. The first-order valence-electron chi connectivity index (χ1n) is 14.6. The highest BCUT2D eigenvalue weighted by atomic mass is 79.9. The van der Waals surface area contributed by atoms with Gasteiger partial charge in [-0.1, -0.05) is 98.8 Å². The van der Waals surface area contributed by atoms with Crippen LogP contribution in [0.4, 0.5) is 34.1 Å². The second-order valence-corrected chi connectivity index (χ2v) is 12.2. The van der Waals surface area contributed by atoms with E-state index < -0.39 is 0 Å². The Morgan fingerprint density at radius 2 is 0.628 bits per heavy atom. The lowest BCUT2D eigenvalue weighted by atomic mass is 10.0. The maximum Gasteiger partial charge on any atom is 0.0488 e. The molecule has 0 unspecified atom stereocenters. The molecule has 6 aromatic carbocycles. The molecule has 6 rings (SSSR count). The average Bonchev–Trinajstić information content (AvgIpc) is 3.01. The first kappa shape index (κ1) is 28.5. The highest BCUT2D eigenvalue weighted by molar-refractivity contribution is 9.10. The van der Waals surface area contributed by atoms with E-state index in [1.165, 1.54) is 22.3 Å². The summed E-state index contributed by atoms with van der Waals surface area (Å²) in [6.45, 7) is 8.53. The van der Waals surface area contributed by atoms with Gasteiger partial charge in [-0.15, -0.1) is 0 Å². The molecule has 0 fully saturated rings. The predicted molar refractivity (Wildman–Crippen MR) is 188 cm³/mol. The SMILES string of the molecule is Cc1ccc(N(c2ccc(C)cc2)c2cc(-c3ccc(Br)cc3)cc(N(c3ccc(C)cc3)c3ccc(C)cc3)c2)cc1. The van der Waals surface area contributed by atoms with Crippen molar-refractivity contribution in [3.8, 4) is 11.1 Å². The summed E-state index contributed by atoms with van der Waals surface area (Å²) in [5, 5.41) is 0. The highest BCUT2D eigenvalue weighted by Crippen LogP contribution is 2.43. The van der Waals surface area contributed by atoms with Crippen LogP contribution in [0.2, 0.25) is 0 Å². The number of aryl methyl sites for hydroxylation is 4. The topological polar surface area (TPSA) is 6.48 Å². The quantitative estimate of drug-likeness (QED) is 0.175. The minimum Gasteiger partial charge on any atom is -0.310 e. The molecule has 0 bridgehead atoms. The van der Waals surface area contributed by atoms with Crippen molar-refractivity contribution < 1.29 is 0 Å². The Morgan fingerprint density at radius 1 is 0.326 bits per heavy atom. The number of rotatable bonds is 7. The van der Waals surface area contributed by atoms with Crippen LogP contribution in [0.15, 0.2) is 144 Å². The van der Waals surface area contributed by atoms with Crippen molar-refractivity contribution in [3.63, 3.8) is 0 Å². The molecule has 0 aliphatic rings. The third-order valence-corrected chi connectivity index (χ3v) is 8.29. The predicted octanol–water partition coefficient (Wildman–Crippen LogP) is 12.3. The Hall–Kier alpha value is -4.60. The first-order valence-corrected chi connectivity index (χ1v) is 15.4. The van der Waals surface area contributed by atoms with E-state index in [9.17, 15) is 0 Å². The molecule has 0 saturated heterocycles. The molecule has 6 aromatic rings. The van der Waals surface area contributed by atoms with Crippen molar-refractivity contribution in [2.45, 2.75) is 27.7 Å². The van der Waals surface area contributed by atoms with Crippen LogP contribution in [0.3, 0.4) is 0 Å². The van der Waals surface area contributed by atoms with Gasteiger partial charge in [0.15, 0.2) is 0 Å². The number of hydrogen-bond donors (Lipinski definition) is 0. The van der Waals surface area contributed by atoms with E-state index in [-0.39, 0.29) is 0 Å².